The van der Waals surface area contributed by atoms with Crippen LogP contribution in [0.4, 0.5) is 4.79 Å². The van der Waals surface area contributed by atoms with Crippen LogP contribution >= 0.6 is 0 Å². The summed E-state index contributed by atoms with van der Waals surface area (Å²) in [6.07, 6.45) is 2.28. The molecule has 6 nitrogen and oxygen atoms in total. The Bertz CT molecular complexity index is 277. The van der Waals surface area contributed by atoms with Crippen LogP contribution in [0.2, 0.25) is 0 Å². The van der Waals surface area contributed by atoms with Crippen LogP contribution in [0.1, 0.15) is 26.2 Å². The van der Waals surface area contributed by atoms with Gasteiger partial charge in [0, 0.05) is 32.2 Å². The van der Waals surface area contributed by atoms with E-state index in [1.54, 1.807) is 4.90 Å². The SMILES string of the molecule is CCCCOCCNC(=O)N1CC(CC(=O)O)C1. The molecule has 2 amide bonds. The number of hydrogen-bond donors (Lipinski definition) is 2. The summed E-state index contributed by atoms with van der Waals surface area (Å²) < 4.78 is 5.32. The van der Waals surface area contributed by atoms with Crippen molar-refractivity contribution in [1.82, 2.24) is 10.2 Å². The average Bonchev–Trinajstić information content (AvgIpc) is 2.27. The van der Waals surface area contributed by atoms with E-state index >= 15 is 0 Å². The van der Waals surface area contributed by atoms with Gasteiger partial charge in [0.25, 0.3) is 0 Å². The molecule has 1 heterocycles. The first kappa shape index (κ1) is 14.8. The Morgan fingerprint density at radius 1 is 1.39 bits per heavy atom. The summed E-state index contributed by atoms with van der Waals surface area (Å²) in [4.78, 5) is 23.6. The highest BCUT2D eigenvalue weighted by atomic mass is 16.5. The number of carboxylic acid groups (broad SMARTS) is 1. The lowest BCUT2D eigenvalue weighted by Crippen LogP contribution is -2.54. The fourth-order valence-electron chi connectivity index (χ4n) is 1.80. The monoisotopic (exact) mass is 258 g/mol. The number of aliphatic carboxylic acids is 1. The van der Waals surface area contributed by atoms with Crippen molar-refractivity contribution in [2.45, 2.75) is 26.2 Å². The summed E-state index contributed by atoms with van der Waals surface area (Å²) >= 11 is 0. The lowest BCUT2D eigenvalue weighted by molar-refractivity contribution is -0.139. The van der Waals surface area contributed by atoms with Crippen molar-refractivity contribution in [3.63, 3.8) is 0 Å². The lowest BCUT2D eigenvalue weighted by atomic mass is 9.97. The molecular formula is C12H22N2O4. The Kier molecular flexibility index (Phi) is 6.49. The maximum absolute atomic E-state index is 11.6. The van der Waals surface area contributed by atoms with Gasteiger partial charge in [-0.2, -0.15) is 0 Å². The second-order valence-corrected chi connectivity index (χ2v) is 4.57. The normalized spacial score (nSPS) is 15.3. The second kappa shape index (κ2) is 7.92. The van der Waals surface area contributed by atoms with E-state index in [1.165, 1.54) is 0 Å². The van der Waals surface area contributed by atoms with E-state index in [2.05, 4.69) is 12.2 Å². The van der Waals surface area contributed by atoms with Crippen molar-refractivity contribution in [3.05, 3.63) is 0 Å². The van der Waals surface area contributed by atoms with Crippen LogP contribution in [0.25, 0.3) is 0 Å². The molecule has 104 valence electrons. The standard InChI is InChI=1S/C12H22N2O4/c1-2-3-5-18-6-4-13-12(17)14-8-10(9-14)7-11(15)16/h10H,2-9H2,1H3,(H,13,17)(H,15,16). The molecule has 0 saturated carbocycles. The number of amides is 2. The van der Waals surface area contributed by atoms with Gasteiger partial charge in [-0.3, -0.25) is 4.79 Å². The highest BCUT2D eigenvalue weighted by molar-refractivity contribution is 5.75. The van der Waals surface area contributed by atoms with E-state index in [0.717, 1.165) is 19.4 Å². The molecule has 0 spiro atoms. The van der Waals surface area contributed by atoms with Crippen molar-refractivity contribution >= 4 is 12.0 Å². The second-order valence-electron chi connectivity index (χ2n) is 4.57. The molecule has 0 aromatic carbocycles. The van der Waals surface area contributed by atoms with E-state index in [1.807, 2.05) is 0 Å². The van der Waals surface area contributed by atoms with Crippen molar-refractivity contribution in [2.75, 3.05) is 32.8 Å². The Balaban J connectivity index is 1.97. The van der Waals surface area contributed by atoms with Crippen molar-refractivity contribution in [1.29, 1.82) is 0 Å². The van der Waals surface area contributed by atoms with Gasteiger partial charge < -0.3 is 20.1 Å². The molecule has 0 bridgehead atoms. The number of nitrogens with one attached hydrogen (secondary N) is 1. The lowest BCUT2D eigenvalue weighted by Gasteiger charge is -2.38. The van der Waals surface area contributed by atoms with Gasteiger partial charge in [0.15, 0.2) is 0 Å². The van der Waals surface area contributed by atoms with Gasteiger partial charge in [-0.1, -0.05) is 13.3 Å². The van der Waals surface area contributed by atoms with Gasteiger partial charge in [-0.05, 0) is 6.42 Å². The third-order valence-electron chi connectivity index (χ3n) is 2.87. The largest absolute Gasteiger partial charge is 0.481 e. The zero-order valence-electron chi connectivity index (χ0n) is 10.9. The zero-order chi connectivity index (χ0) is 13.4. The molecule has 0 radical (unpaired) electrons. The summed E-state index contributed by atoms with van der Waals surface area (Å²) in [5.41, 5.74) is 0. The van der Waals surface area contributed by atoms with Gasteiger partial charge in [0.1, 0.15) is 0 Å². The maximum atomic E-state index is 11.6. The molecule has 0 atom stereocenters. The molecule has 0 aliphatic carbocycles. The highest BCUT2D eigenvalue weighted by Gasteiger charge is 2.31. The van der Waals surface area contributed by atoms with E-state index in [9.17, 15) is 9.59 Å². The molecule has 1 rings (SSSR count). The molecule has 2 N–H and O–H groups in total. The molecule has 1 fully saturated rings. The van der Waals surface area contributed by atoms with Crippen LogP contribution < -0.4 is 5.32 Å². The Morgan fingerprint density at radius 2 is 2.11 bits per heavy atom. The van der Waals surface area contributed by atoms with Crippen molar-refractivity contribution in [2.24, 2.45) is 5.92 Å². The van der Waals surface area contributed by atoms with Crippen LogP contribution in [0.5, 0.6) is 0 Å². The molecule has 0 aromatic heterocycles. The molecule has 6 heteroatoms. The number of nitrogens with zero attached hydrogens (tertiary/aromatic N) is 1. The summed E-state index contributed by atoms with van der Waals surface area (Å²) in [7, 11) is 0. The third kappa shape index (κ3) is 5.35. The average molecular weight is 258 g/mol. The first-order valence-electron chi connectivity index (χ1n) is 6.45. The number of carboxylic acids is 1. The number of carbonyl (C=O) groups excluding carboxylic acids is 1. The Hall–Kier alpha value is -1.30. The predicted octanol–water partition coefficient (Wildman–Crippen LogP) is 0.919. The predicted molar refractivity (Wildman–Crippen MR) is 66.4 cm³/mol. The van der Waals surface area contributed by atoms with Crippen LogP contribution in [-0.2, 0) is 9.53 Å². The fourth-order valence-corrected chi connectivity index (χ4v) is 1.80. The van der Waals surface area contributed by atoms with Crippen LogP contribution in [-0.4, -0.2) is 54.9 Å². The van der Waals surface area contributed by atoms with Crippen LogP contribution in [0, 0.1) is 5.92 Å². The number of ether oxygens (including phenoxy) is 1. The summed E-state index contributed by atoms with van der Waals surface area (Å²) in [6.45, 7) is 4.93. The van der Waals surface area contributed by atoms with E-state index in [-0.39, 0.29) is 18.4 Å². The quantitative estimate of drug-likeness (QED) is 0.634. The van der Waals surface area contributed by atoms with Gasteiger partial charge in [0.05, 0.1) is 13.0 Å². The third-order valence-corrected chi connectivity index (χ3v) is 2.87. The Morgan fingerprint density at radius 3 is 2.72 bits per heavy atom. The van der Waals surface area contributed by atoms with Gasteiger partial charge in [-0.25, -0.2) is 4.79 Å². The summed E-state index contributed by atoms with van der Waals surface area (Å²) in [5, 5.41) is 11.3. The van der Waals surface area contributed by atoms with Gasteiger partial charge in [0.2, 0.25) is 0 Å². The summed E-state index contributed by atoms with van der Waals surface area (Å²) in [5.74, 6) is -0.696. The molecule has 18 heavy (non-hydrogen) atoms. The molecule has 1 saturated heterocycles. The van der Waals surface area contributed by atoms with Crippen LogP contribution in [0.3, 0.4) is 0 Å². The van der Waals surface area contributed by atoms with Gasteiger partial charge in [-0.15, -0.1) is 0 Å². The number of urea groups is 1. The molecule has 0 aromatic rings. The Labute approximate surface area is 107 Å². The fraction of sp³-hybridized carbons (Fsp3) is 0.833. The highest BCUT2D eigenvalue weighted by Crippen LogP contribution is 2.18. The maximum Gasteiger partial charge on any atom is 0.317 e. The first-order valence-corrected chi connectivity index (χ1v) is 6.45. The number of unbranched alkanes of at least 4 members (excludes halogenated alkanes) is 1. The van der Waals surface area contributed by atoms with Gasteiger partial charge >= 0.3 is 12.0 Å². The molecule has 0 unspecified atom stereocenters. The van der Waals surface area contributed by atoms with Crippen LogP contribution in [0.15, 0.2) is 0 Å². The number of rotatable bonds is 8. The van der Waals surface area contributed by atoms with E-state index in [4.69, 9.17) is 9.84 Å². The smallest absolute Gasteiger partial charge is 0.317 e. The van der Waals surface area contributed by atoms with E-state index in [0.29, 0.717) is 26.2 Å². The number of hydrogen-bond acceptors (Lipinski definition) is 3. The van der Waals surface area contributed by atoms with Crippen molar-refractivity contribution < 1.29 is 19.4 Å². The minimum Gasteiger partial charge on any atom is -0.481 e. The zero-order valence-corrected chi connectivity index (χ0v) is 10.9. The minimum atomic E-state index is -0.801. The molecule has 1 aliphatic heterocycles. The molecular weight excluding hydrogens is 236 g/mol. The minimum absolute atomic E-state index is 0.106. The summed E-state index contributed by atoms with van der Waals surface area (Å²) in [6, 6.07) is -0.129. The number of carbonyl (C=O) groups is 2. The first-order chi connectivity index (χ1) is 8.63. The van der Waals surface area contributed by atoms with E-state index < -0.39 is 5.97 Å². The number of likely N-dealkylation sites (tertiary alicyclic amines) is 1. The van der Waals surface area contributed by atoms with Crippen molar-refractivity contribution in [3.8, 4) is 0 Å². The topological polar surface area (TPSA) is 78.9 Å². The molecule has 1 aliphatic rings.